The Balaban J connectivity index is 1.32. The van der Waals surface area contributed by atoms with Gasteiger partial charge < -0.3 is 15.0 Å². The fourth-order valence-corrected chi connectivity index (χ4v) is 4.84. The molecule has 0 atom stereocenters. The summed E-state index contributed by atoms with van der Waals surface area (Å²) in [6.45, 7) is 2.26. The van der Waals surface area contributed by atoms with Crippen LogP contribution >= 0.6 is 0 Å². The lowest BCUT2D eigenvalue weighted by atomic mass is 9.89. The summed E-state index contributed by atoms with van der Waals surface area (Å²) in [4.78, 5) is 44.3. The van der Waals surface area contributed by atoms with Gasteiger partial charge in [0.1, 0.15) is 0 Å². The van der Waals surface area contributed by atoms with Crippen molar-refractivity contribution in [1.29, 1.82) is 0 Å². The lowest BCUT2D eigenvalue weighted by Gasteiger charge is -2.20. The summed E-state index contributed by atoms with van der Waals surface area (Å²) < 4.78 is 5.48. The van der Waals surface area contributed by atoms with Crippen LogP contribution in [0.3, 0.4) is 0 Å². The van der Waals surface area contributed by atoms with E-state index in [9.17, 15) is 14.4 Å². The Bertz CT molecular complexity index is 1300. The Kier molecular flexibility index (Phi) is 6.01. The van der Waals surface area contributed by atoms with Gasteiger partial charge in [0.05, 0.1) is 11.1 Å². The number of aryl methyl sites for hydroxylation is 2. The largest absolute Gasteiger partial charge is 0.452 e. The van der Waals surface area contributed by atoms with Crippen molar-refractivity contribution < 1.29 is 19.1 Å². The minimum atomic E-state index is -0.497. The average Bonchev–Trinajstić information content (AvgIpc) is 3.27. The van der Waals surface area contributed by atoms with Crippen LogP contribution < -0.4 is 10.2 Å². The Labute approximate surface area is 198 Å². The van der Waals surface area contributed by atoms with E-state index in [0.717, 1.165) is 65.5 Å². The van der Waals surface area contributed by atoms with Crippen LogP contribution in [0.4, 0.5) is 11.4 Å². The second-order valence-electron chi connectivity index (χ2n) is 8.96. The molecule has 1 saturated heterocycles. The van der Waals surface area contributed by atoms with Crippen molar-refractivity contribution in [2.24, 2.45) is 0 Å². The van der Waals surface area contributed by atoms with Crippen LogP contribution in [0.2, 0.25) is 0 Å². The number of carbonyl (C=O) groups is 3. The van der Waals surface area contributed by atoms with Gasteiger partial charge in [0.15, 0.2) is 6.61 Å². The minimum absolute atomic E-state index is 0.0838. The average molecular weight is 458 g/mol. The molecule has 1 N–H and O–H groups in total. The number of ether oxygens (including phenoxy) is 1. The molecular weight excluding hydrogens is 430 g/mol. The third kappa shape index (κ3) is 4.38. The van der Waals surface area contributed by atoms with E-state index < -0.39 is 18.5 Å². The van der Waals surface area contributed by atoms with Gasteiger partial charge in [-0.1, -0.05) is 17.7 Å². The molecule has 5 rings (SSSR count). The number of aromatic nitrogens is 1. The molecule has 34 heavy (non-hydrogen) atoms. The second-order valence-corrected chi connectivity index (χ2v) is 8.96. The van der Waals surface area contributed by atoms with Crippen molar-refractivity contribution in [2.75, 3.05) is 23.4 Å². The number of carbonyl (C=O) groups excluding carboxylic acids is 3. The molecule has 1 aliphatic heterocycles. The highest BCUT2D eigenvalue weighted by Crippen LogP contribution is 2.30. The molecule has 7 nitrogen and oxygen atoms in total. The van der Waals surface area contributed by atoms with Crippen molar-refractivity contribution in [3.63, 3.8) is 0 Å². The predicted octanol–water partition coefficient (Wildman–Crippen LogP) is 4.34. The SMILES string of the molecule is Cc1ccc2nc3c(c(C(=O)OCC(=O)Nc4cccc(N5CCCC5=O)c4)c2c1)CCCC3. The van der Waals surface area contributed by atoms with Crippen LogP contribution in [0.5, 0.6) is 0 Å². The molecule has 1 fully saturated rings. The molecule has 2 amide bonds. The Morgan fingerprint density at radius 2 is 1.91 bits per heavy atom. The maximum Gasteiger partial charge on any atom is 0.339 e. The standard InChI is InChI=1S/C27H27N3O4/c1-17-11-12-23-21(14-17)26(20-8-2-3-9-22(20)29-23)27(33)34-16-24(31)28-18-6-4-7-19(15-18)30-13-5-10-25(30)32/h4,6-7,11-12,14-15H,2-3,5,8-10,13,16H2,1H3,(H,28,31). The van der Waals surface area contributed by atoms with Crippen LogP contribution in [-0.2, 0) is 27.2 Å². The lowest BCUT2D eigenvalue weighted by Crippen LogP contribution is -2.24. The number of nitrogens with one attached hydrogen (secondary N) is 1. The molecule has 0 radical (unpaired) electrons. The van der Waals surface area contributed by atoms with Gasteiger partial charge in [-0.25, -0.2) is 4.79 Å². The van der Waals surface area contributed by atoms with E-state index in [-0.39, 0.29) is 5.91 Å². The lowest BCUT2D eigenvalue weighted by molar-refractivity contribution is -0.119. The van der Waals surface area contributed by atoms with Crippen molar-refractivity contribution in [2.45, 2.75) is 45.4 Å². The first-order valence-electron chi connectivity index (χ1n) is 11.8. The van der Waals surface area contributed by atoms with Gasteiger partial charge in [-0.05, 0) is 74.9 Å². The van der Waals surface area contributed by atoms with E-state index in [2.05, 4.69) is 5.32 Å². The summed E-state index contributed by atoms with van der Waals surface area (Å²) in [5, 5.41) is 3.54. The smallest absolute Gasteiger partial charge is 0.339 e. The van der Waals surface area contributed by atoms with E-state index in [1.165, 1.54) is 0 Å². The van der Waals surface area contributed by atoms with Gasteiger partial charge >= 0.3 is 5.97 Å². The van der Waals surface area contributed by atoms with E-state index in [0.29, 0.717) is 24.2 Å². The number of fused-ring (bicyclic) bond motifs is 2. The summed E-state index contributed by atoms with van der Waals surface area (Å²) in [5.74, 6) is -0.843. The topological polar surface area (TPSA) is 88.6 Å². The van der Waals surface area contributed by atoms with Gasteiger partial charge in [-0.3, -0.25) is 14.6 Å². The zero-order valence-corrected chi connectivity index (χ0v) is 19.2. The first-order chi connectivity index (χ1) is 16.5. The second kappa shape index (κ2) is 9.25. The minimum Gasteiger partial charge on any atom is -0.452 e. The fourth-order valence-electron chi connectivity index (χ4n) is 4.84. The van der Waals surface area contributed by atoms with E-state index in [1.807, 2.05) is 31.2 Å². The molecule has 1 aliphatic carbocycles. The molecule has 0 saturated carbocycles. The van der Waals surface area contributed by atoms with Gasteiger partial charge in [-0.2, -0.15) is 0 Å². The number of rotatable bonds is 5. The summed E-state index contributed by atoms with van der Waals surface area (Å²) in [6.07, 6.45) is 5.05. The molecule has 0 bridgehead atoms. The van der Waals surface area contributed by atoms with E-state index in [4.69, 9.17) is 9.72 Å². The number of anilines is 2. The molecule has 2 heterocycles. The number of hydrogen-bond acceptors (Lipinski definition) is 5. The van der Waals surface area contributed by atoms with Crippen molar-refractivity contribution in [1.82, 2.24) is 4.98 Å². The molecule has 7 heteroatoms. The quantitative estimate of drug-likeness (QED) is 0.576. The first-order valence-corrected chi connectivity index (χ1v) is 11.8. The monoisotopic (exact) mass is 457 g/mol. The predicted molar refractivity (Wildman–Crippen MR) is 130 cm³/mol. The van der Waals surface area contributed by atoms with Crippen molar-refractivity contribution in [3.8, 4) is 0 Å². The first kappa shape index (κ1) is 22.1. The third-order valence-electron chi connectivity index (χ3n) is 6.47. The third-order valence-corrected chi connectivity index (χ3v) is 6.47. The highest BCUT2D eigenvalue weighted by Gasteiger charge is 2.25. The maximum absolute atomic E-state index is 13.2. The molecule has 2 aliphatic rings. The number of benzene rings is 2. The highest BCUT2D eigenvalue weighted by atomic mass is 16.5. The van der Waals surface area contributed by atoms with Crippen molar-refractivity contribution >= 4 is 40.1 Å². The van der Waals surface area contributed by atoms with Crippen LogP contribution in [0.1, 0.15) is 52.9 Å². The van der Waals surface area contributed by atoms with Gasteiger partial charge in [0.25, 0.3) is 5.91 Å². The molecule has 0 unspecified atom stereocenters. The Morgan fingerprint density at radius 3 is 2.74 bits per heavy atom. The van der Waals surface area contributed by atoms with Crippen LogP contribution in [-0.4, -0.2) is 35.9 Å². The molecule has 2 aromatic carbocycles. The van der Waals surface area contributed by atoms with E-state index in [1.54, 1.807) is 23.1 Å². The van der Waals surface area contributed by atoms with Crippen LogP contribution in [0.15, 0.2) is 42.5 Å². The van der Waals surface area contributed by atoms with E-state index >= 15 is 0 Å². The Hall–Kier alpha value is -3.74. The number of pyridine rings is 1. The zero-order valence-electron chi connectivity index (χ0n) is 19.2. The molecule has 0 spiro atoms. The summed E-state index contributed by atoms with van der Waals surface area (Å²) in [7, 11) is 0. The summed E-state index contributed by atoms with van der Waals surface area (Å²) in [5.41, 5.74) is 5.54. The van der Waals surface area contributed by atoms with Gasteiger partial charge in [-0.15, -0.1) is 0 Å². The molecular formula is C27H27N3O4. The molecule has 174 valence electrons. The van der Waals surface area contributed by atoms with Gasteiger partial charge in [0.2, 0.25) is 5.91 Å². The maximum atomic E-state index is 13.2. The highest BCUT2D eigenvalue weighted by molar-refractivity contribution is 6.06. The van der Waals surface area contributed by atoms with Gasteiger partial charge in [0, 0.05) is 35.4 Å². The normalized spacial score (nSPS) is 15.3. The summed E-state index contributed by atoms with van der Waals surface area (Å²) in [6, 6.07) is 13.0. The zero-order chi connectivity index (χ0) is 23.7. The number of amides is 2. The van der Waals surface area contributed by atoms with Crippen LogP contribution in [0.25, 0.3) is 10.9 Å². The summed E-state index contributed by atoms with van der Waals surface area (Å²) >= 11 is 0. The molecule has 3 aromatic rings. The number of esters is 1. The van der Waals surface area contributed by atoms with Crippen molar-refractivity contribution in [3.05, 3.63) is 64.8 Å². The van der Waals surface area contributed by atoms with Crippen LogP contribution in [0, 0.1) is 6.92 Å². The number of hydrogen-bond donors (Lipinski definition) is 1. The fraction of sp³-hybridized carbons (Fsp3) is 0.333. The Morgan fingerprint density at radius 1 is 1.06 bits per heavy atom. The number of nitrogens with zero attached hydrogens (tertiary/aromatic N) is 2. The molecule has 1 aromatic heterocycles.